The summed E-state index contributed by atoms with van der Waals surface area (Å²) >= 11 is 0. The maximum absolute atomic E-state index is 12.8. The largest absolute Gasteiger partial charge is 0.314 e. The molecule has 122 valence electrons. The molecule has 0 spiro atoms. The Morgan fingerprint density at radius 1 is 1.23 bits per heavy atom. The van der Waals surface area contributed by atoms with Crippen molar-refractivity contribution in [3.05, 3.63) is 29.8 Å². The summed E-state index contributed by atoms with van der Waals surface area (Å²) < 4.78 is 27.3. The number of rotatable bonds is 4. The van der Waals surface area contributed by atoms with Gasteiger partial charge in [-0.25, -0.2) is 8.42 Å². The Kier molecular flexibility index (Phi) is 4.82. The van der Waals surface area contributed by atoms with Crippen LogP contribution in [0.1, 0.15) is 18.9 Å². The van der Waals surface area contributed by atoms with Gasteiger partial charge in [-0.3, -0.25) is 4.90 Å². The minimum Gasteiger partial charge on any atom is -0.314 e. The van der Waals surface area contributed by atoms with Gasteiger partial charge in [-0.05, 0) is 30.5 Å². The van der Waals surface area contributed by atoms with Crippen molar-refractivity contribution >= 4 is 10.0 Å². The first-order chi connectivity index (χ1) is 10.6. The van der Waals surface area contributed by atoms with Crippen molar-refractivity contribution in [1.29, 1.82) is 0 Å². The Bertz CT molecular complexity index is 612. The van der Waals surface area contributed by atoms with Gasteiger partial charge in [-0.15, -0.1) is 0 Å². The molecule has 1 unspecified atom stereocenters. The van der Waals surface area contributed by atoms with Crippen LogP contribution in [0.3, 0.4) is 0 Å². The molecule has 0 saturated carbocycles. The summed E-state index contributed by atoms with van der Waals surface area (Å²) in [5.41, 5.74) is 1.07. The molecule has 0 aromatic heterocycles. The molecular formula is C16H25N3O2S. The number of nitrogens with one attached hydrogen (secondary N) is 1. The zero-order chi connectivity index (χ0) is 15.6. The van der Waals surface area contributed by atoms with Crippen LogP contribution >= 0.6 is 0 Å². The number of aryl methyl sites for hydroxylation is 1. The van der Waals surface area contributed by atoms with Gasteiger partial charge >= 0.3 is 0 Å². The van der Waals surface area contributed by atoms with E-state index < -0.39 is 10.0 Å². The average Bonchev–Trinajstić information content (AvgIpc) is 3.06. The summed E-state index contributed by atoms with van der Waals surface area (Å²) in [4.78, 5) is 2.86. The molecule has 3 rings (SSSR count). The molecule has 0 aliphatic carbocycles. The van der Waals surface area contributed by atoms with Crippen LogP contribution in [0.4, 0.5) is 0 Å². The second-order valence-corrected chi connectivity index (χ2v) is 8.03. The van der Waals surface area contributed by atoms with E-state index in [1.54, 1.807) is 10.4 Å². The van der Waals surface area contributed by atoms with E-state index in [2.05, 4.69) is 10.2 Å². The van der Waals surface area contributed by atoms with E-state index in [9.17, 15) is 8.42 Å². The van der Waals surface area contributed by atoms with E-state index >= 15 is 0 Å². The van der Waals surface area contributed by atoms with Gasteiger partial charge in [0, 0.05) is 45.3 Å². The third kappa shape index (κ3) is 3.20. The molecule has 1 aromatic carbocycles. The minimum absolute atomic E-state index is 0.367. The molecule has 5 nitrogen and oxygen atoms in total. The number of hydrogen-bond acceptors (Lipinski definition) is 4. The third-order valence-electron chi connectivity index (χ3n) is 4.74. The van der Waals surface area contributed by atoms with Crippen LogP contribution in [0.25, 0.3) is 0 Å². The Morgan fingerprint density at radius 3 is 2.73 bits per heavy atom. The maximum atomic E-state index is 12.8. The van der Waals surface area contributed by atoms with Crippen LogP contribution in [0.15, 0.2) is 29.2 Å². The van der Waals surface area contributed by atoms with Crippen LogP contribution in [0.5, 0.6) is 0 Å². The van der Waals surface area contributed by atoms with E-state index in [0.717, 1.165) is 44.6 Å². The number of nitrogens with zero attached hydrogens (tertiary/aromatic N) is 2. The van der Waals surface area contributed by atoms with Crippen molar-refractivity contribution in [1.82, 2.24) is 14.5 Å². The molecule has 2 saturated heterocycles. The summed E-state index contributed by atoms with van der Waals surface area (Å²) in [5.74, 6) is 0. The summed E-state index contributed by atoms with van der Waals surface area (Å²) in [5, 5.41) is 3.34. The van der Waals surface area contributed by atoms with Crippen LogP contribution in [-0.4, -0.2) is 62.9 Å². The number of benzene rings is 1. The molecule has 22 heavy (non-hydrogen) atoms. The minimum atomic E-state index is -3.35. The molecule has 0 radical (unpaired) electrons. The topological polar surface area (TPSA) is 52.7 Å². The van der Waals surface area contributed by atoms with Crippen LogP contribution in [-0.2, 0) is 16.4 Å². The molecule has 2 aliphatic heterocycles. The van der Waals surface area contributed by atoms with Crippen molar-refractivity contribution in [3.63, 3.8) is 0 Å². The standard InChI is InChI=1S/C16H25N3O2S/c1-2-14-4-3-5-16(12-14)22(20,21)19-9-6-15(13-19)18-10-7-17-8-11-18/h3-5,12,15,17H,2,6-11,13H2,1H3. The molecule has 2 fully saturated rings. The Labute approximate surface area is 133 Å². The number of piperazine rings is 1. The van der Waals surface area contributed by atoms with Crippen LogP contribution in [0.2, 0.25) is 0 Å². The highest BCUT2D eigenvalue weighted by Crippen LogP contribution is 2.24. The monoisotopic (exact) mass is 323 g/mol. The second kappa shape index (κ2) is 6.66. The summed E-state index contributed by atoms with van der Waals surface area (Å²) in [6, 6.07) is 7.72. The zero-order valence-corrected chi connectivity index (χ0v) is 14.0. The molecule has 1 aromatic rings. The van der Waals surface area contributed by atoms with Crippen LogP contribution < -0.4 is 5.32 Å². The van der Waals surface area contributed by atoms with E-state index in [1.165, 1.54) is 0 Å². The molecule has 0 amide bonds. The first kappa shape index (κ1) is 15.9. The lowest BCUT2D eigenvalue weighted by Crippen LogP contribution is -2.49. The lowest BCUT2D eigenvalue weighted by atomic mass is 10.2. The molecule has 2 aliphatic rings. The smallest absolute Gasteiger partial charge is 0.243 e. The van der Waals surface area contributed by atoms with E-state index in [-0.39, 0.29) is 0 Å². The number of hydrogen-bond donors (Lipinski definition) is 1. The molecule has 2 heterocycles. The highest BCUT2D eigenvalue weighted by atomic mass is 32.2. The van der Waals surface area contributed by atoms with Crippen molar-refractivity contribution in [2.24, 2.45) is 0 Å². The molecule has 1 N–H and O–H groups in total. The lowest BCUT2D eigenvalue weighted by Gasteiger charge is -2.32. The highest BCUT2D eigenvalue weighted by molar-refractivity contribution is 7.89. The highest BCUT2D eigenvalue weighted by Gasteiger charge is 2.35. The predicted octanol–water partition coefficient (Wildman–Crippen LogP) is 0.917. The normalized spacial score (nSPS) is 24.7. The van der Waals surface area contributed by atoms with Gasteiger partial charge < -0.3 is 5.32 Å². The van der Waals surface area contributed by atoms with E-state index in [4.69, 9.17) is 0 Å². The van der Waals surface area contributed by atoms with Crippen LogP contribution in [0, 0.1) is 0 Å². The van der Waals surface area contributed by atoms with Crippen molar-refractivity contribution < 1.29 is 8.42 Å². The summed E-state index contributed by atoms with van der Waals surface area (Å²) in [6.45, 7) is 7.34. The zero-order valence-electron chi connectivity index (χ0n) is 13.2. The Hall–Kier alpha value is -0.950. The first-order valence-corrected chi connectivity index (χ1v) is 9.59. The second-order valence-electron chi connectivity index (χ2n) is 6.09. The van der Waals surface area contributed by atoms with E-state index in [0.29, 0.717) is 24.0 Å². The van der Waals surface area contributed by atoms with Crippen molar-refractivity contribution in [2.45, 2.75) is 30.7 Å². The molecule has 1 atom stereocenters. The van der Waals surface area contributed by atoms with Gasteiger partial charge in [-0.1, -0.05) is 19.1 Å². The maximum Gasteiger partial charge on any atom is 0.243 e. The predicted molar refractivity (Wildman–Crippen MR) is 87.4 cm³/mol. The van der Waals surface area contributed by atoms with Gasteiger partial charge in [0.2, 0.25) is 10.0 Å². The summed E-state index contributed by atoms with van der Waals surface area (Å²) in [6.07, 6.45) is 1.79. The van der Waals surface area contributed by atoms with Crippen molar-refractivity contribution in [3.8, 4) is 0 Å². The summed E-state index contributed by atoms with van der Waals surface area (Å²) in [7, 11) is -3.35. The van der Waals surface area contributed by atoms with Crippen molar-refractivity contribution in [2.75, 3.05) is 39.3 Å². The molecular weight excluding hydrogens is 298 g/mol. The Balaban J connectivity index is 1.73. The SMILES string of the molecule is CCc1cccc(S(=O)(=O)N2CCC(N3CCNCC3)C2)c1. The third-order valence-corrected chi connectivity index (χ3v) is 6.60. The molecule has 0 bridgehead atoms. The van der Waals surface area contributed by atoms with Gasteiger partial charge in [0.05, 0.1) is 4.90 Å². The molecule has 6 heteroatoms. The fourth-order valence-corrected chi connectivity index (χ4v) is 4.91. The number of sulfonamides is 1. The van der Waals surface area contributed by atoms with E-state index in [1.807, 2.05) is 25.1 Å². The lowest BCUT2D eigenvalue weighted by molar-refractivity contribution is 0.179. The van der Waals surface area contributed by atoms with Gasteiger partial charge in [0.25, 0.3) is 0 Å². The first-order valence-electron chi connectivity index (χ1n) is 8.15. The fraction of sp³-hybridized carbons (Fsp3) is 0.625. The van der Waals surface area contributed by atoms with Gasteiger partial charge in [0.15, 0.2) is 0 Å². The average molecular weight is 323 g/mol. The quantitative estimate of drug-likeness (QED) is 0.895. The fourth-order valence-electron chi connectivity index (χ4n) is 3.35. The van der Waals surface area contributed by atoms with Gasteiger partial charge in [0.1, 0.15) is 0 Å². The Morgan fingerprint density at radius 2 is 2.00 bits per heavy atom. The van der Waals surface area contributed by atoms with Gasteiger partial charge in [-0.2, -0.15) is 4.31 Å².